The number of phenolic OH excluding ortho intramolecular Hbond substituents is 1. The molecular weight excluding hydrogens is 250 g/mol. The largest absolute Gasteiger partial charge is 0.508 e. The minimum atomic E-state index is 0.179. The summed E-state index contributed by atoms with van der Waals surface area (Å²) >= 11 is 0. The van der Waals surface area contributed by atoms with Crippen molar-refractivity contribution < 1.29 is 9.84 Å². The maximum atomic E-state index is 9.50. The Balaban J connectivity index is 1.96. The van der Waals surface area contributed by atoms with Crippen molar-refractivity contribution in [2.75, 3.05) is 6.61 Å². The van der Waals surface area contributed by atoms with Crippen LogP contribution >= 0.6 is 0 Å². The number of ether oxygens (including phenoxy) is 1. The zero-order valence-electron chi connectivity index (χ0n) is 12.0. The van der Waals surface area contributed by atoms with Crippen LogP contribution in [0.2, 0.25) is 0 Å². The molecule has 0 aliphatic heterocycles. The van der Waals surface area contributed by atoms with Crippen LogP contribution in [0.5, 0.6) is 11.5 Å². The van der Waals surface area contributed by atoms with Gasteiger partial charge in [0, 0.05) is 12.6 Å². The fourth-order valence-electron chi connectivity index (χ4n) is 2.09. The molecule has 2 aromatic carbocycles. The highest BCUT2D eigenvalue weighted by molar-refractivity contribution is 5.30. The van der Waals surface area contributed by atoms with E-state index in [1.165, 1.54) is 5.56 Å². The van der Waals surface area contributed by atoms with Gasteiger partial charge in [0.2, 0.25) is 0 Å². The van der Waals surface area contributed by atoms with E-state index < -0.39 is 0 Å². The minimum absolute atomic E-state index is 0.179. The molecule has 2 aromatic rings. The Morgan fingerprint density at radius 1 is 1.15 bits per heavy atom. The average Bonchev–Trinajstić information content (AvgIpc) is 2.45. The molecule has 0 saturated heterocycles. The van der Waals surface area contributed by atoms with Crippen LogP contribution in [0.1, 0.15) is 31.0 Å². The van der Waals surface area contributed by atoms with E-state index in [9.17, 15) is 5.11 Å². The molecule has 1 unspecified atom stereocenters. The van der Waals surface area contributed by atoms with Crippen LogP contribution in [-0.2, 0) is 6.54 Å². The number of benzene rings is 2. The quantitative estimate of drug-likeness (QED) is 0.842. The molecule has 0 aliphatic carbocycles. The highest BCUT2D eigenvalue weighted by Crippen LogP contribution is 2.19. The topological polar surface area (TPSA) is 41.5 Å². The van der Waals surface area contributed by atoms with Crippen molar-refractivity contribution in [2.24, 2.45) is 0 Å². The van der Waals surface area contributed by atoms with Crippen molar-refractivity contribution in [3.63, 3.8) is 0 Å². The highest BCUT2D eigenvalue weighted by Gasteiger charge is 2.05. The lowest BCUT2D eigenvalue weighted by Gasteiger charge is -2.15. The maximum absolute atomic E-state index is 9.50. The Morgan fingerprint density at radius 2 is 1.95 bits per heavy atom. The van der Waals surface area contributed by atoms with E-state index in [1.807, 2.05) is 37.3 Å². The molecule has 0 radical (unpaired) electrons. The van der Waals surface area contributed by atoms with E-state index in [-0.39, 0.29) is 6.04 Å². The van der Waals surface area contributed by atoms with E-state index in [2.05, 4.69) is 18.3 Å². The van der Waals surface area contributed by atoms with Crippen LogP contribution in [0.3, 0.4) is 0 Å². The SMILES string of the molecule is CCOc1cccc(CNC(C)c2cccc(O)c2)c1. The lowest BCUT2D eigenvalue weighted by molar-refractivity contribution is 0.339. The Labute approximate surface area is 120 Å². The van der Waals surface area contributed by atoms with Crippen LogP contribution in [0, 0.1) is 0 Å². The summed E-state index contributed by atoms with van der Waals surface area (Å²) in [4.78, 5) is 0. The van der Waals surface area contributed by atoms with Gasteiger partial charge in [0.25, 0.3) is 0 Å². The molecule has 0 heterocycles. The second-order valence-electron chi connectivity index (χ2n) is 4.78. The van der Waals surface area contributed by atoms with Gasteiger partial charge in [-0.2, -0.15) is 0 Å². The Hall–Kier alpha value is -2.00. The summed E-state index contributed by atoms with van der Waals surface area (Å²) < 4.78 is 5.49. The lowest BCUT2D eigenvalue weighted by atomic mass is 10.1. The highest BCUT2D eigenvalue weighted by atomic mass is 16.5. The fraction of sp³-hybridized carbons (Fsp3) is 0.294. The van der Waals surface area contributed by atoms with Gasteiger partial charge < -0.3 is 15.2 Å². The number of aromatic hydroxyl groups is 1. The van der Waals surface area contributed by atoms with Crippen molar-refractivity contribution in [3.05, 3.63) is 59.7 Å². The first-order valence-corrected chi connectivity index (χ1v) is 6.93. The summed E-state index contributed by atoms with van der Waals surface area (Å²) in [6, 6.07) is 15.6. The molecule has 2 N–H and O–H groups in total. The summed E-state index contributed by atoms with van der Waals surface area (Å²) in [5.41, 5.74) is 2.26. The Kier molecular flexibility index (Phi) is 5.02. The predicted octanol–water partition coefficient (Wildman–Crippen LogP) is 3.64. The summed E-state index contributed by atoms with van der Waals surface area (Å²) in [5, 5.41) is 12.9. The molecule has 0 fully saturated rings. The molecule has 106 valence electrons. The monoisotopic (exact) mass is 271 g/mol. The summed E-state index contributed by atoms with van der Waals surface area (Å²) in [6.07, 6.45) is 0. The van der Waals surface area contributed by atoms with E-state index in [0.29, 0.717) is 12.4 Å². The van der Waals surface area contributed by atoms with Crippen LogP contribution in [0.25, 0.3) is 0 Å². The first kappa shape index (κ1) is 14.4. The van der Waals surface area contributed by atoms with Crippen molar-refractivity contribution in [1.29, 1.82) is 0 Å². The van der Waals surface area contributed by atoms with Gasteiger partial charge in [0.1, 0.15) is 11.5 Å². The first-order valence-electron chi connectivity index (χ1n) is 6.93. The zero-order valence-corrected chi connectivity index (χ0v) is 12.0. The van der Waals surface area contributed by atoms with E-state index >= 15 is 0 Å². The third-order valence-corrected chi connectivity index (χ3v) is 3.19. The van der Waals surface area contributed by atoms with Crippen molar-refractivity contribution >= 4 is 0 Å². The molecule has 3 nitrogen and oxygen atoms in total. The number of rotatable bonds is 6. The average molecular weight is 271 g/mol. The number of nitrogens with one attached hydrogen (secondary N) is 1. The number of hydrogen-bond acceptors (Lipinski definition) is 3. The Morgan fingerprint density at radius 3 is 2.70 bits per heavy atom. The third-order valence-electron chi connectivity index (χ3n) is 3.19. The molecule has 0 spiro atoms. The second kappa shape index (κ2) is 6.96. The number of hydrogen-bond donors (Lipinski definition) is 2. The van der Waals surface area contributed by atoms with Gasteiger partial charge >= 0.3 is 0 Å². The molecule has 2 rings (SSSR count). The van der Waals surface area contributed by atoms with Gasteiger partial charge in [0.05, 0.1) is 6.61 Å². The zero-order chi connectivity index (χ0) is 14.4. The second-order valence-corrected chi connectivity index (χ2v) is 4.78. The van der Waals surface area contributed by atoms with Crippen LogP contribution in [-0.4, -0.2) is 11.7 Å². The van der Waals surface area contributed by atoms with Crippen molar-refractivity contribution in [1.82, 2.24) is 5.32 Å². The van der Waals surface area contributed by atoms with E-state index in [1.54, 1.807) is 12.1 Å². The predicted molar refractivity (Wildman–Crippen MR) is 81.0 cm³/mol. The normalized spacial score (nSPS) is 12.1. The molecule has 1 atom stereocenters. The molecule has 0 aromatic heterocycles. The first-order chi connectivity index (χ1) is 9.69. The molecule has 0 amide bonds. The Bertz CT molecular complexity index is 554. The van der Waals surface area contributed by atoms with Gasteiger partial charge in [-0.25, -0.2) is 0 Å². The van der Waals surface area contributed by atoms with E-state index in [0.717, 1.165) is 17.9 Å². The molecule has 0 saturated carbocycles. The van der Waals surface area contributed by atoms with Crippen LogP contribution in [0.4, 0.5) is 0 Å². The molecule has 20 heavy (non-hydrogen) atoms. The van der Waals surface area contributed by atoms with Gasteiger partial charge in [-0.05, 0) is 49.2 Å². The molecular formula is C17H21NO2. The van der Waals surface area contributed by atoms with Crippen LogP contribution < -0.4 is 10.1 Å². The van der Waals surface area contributed by atoms with Crippen molar-refractivity contribution in [3.8, 4) is 11.5 Å². The molecule has 3 heteroatoms. The molecule has 0 aliphatic rings. The van der Waals surface area contributed by atoms with Gasteiger partial charge in [-0.3, -0.25) is 0 Å². The fourth-order valence-corrected chi connectivity index (χ4v) is 2.09. The smallest absolute Gasteiger partial charge is 0.119 e. The minimum Gasteiger partial charge on any atom is -0.508 e. The van der Waals surface area contributed by atoms with E-state index in [4.69, 9.17) is 4.74 Å². The molecule has 0 bridgehead atoms. The van der Waals surface area contributed by atoms with Gasteiger partial charge in [-0.1, -0.05) is 24.3 Å². The number of phenols is 1. The summed E-state index contributed by atoms with van der Waals surface area (Å²) in [7, 11) is 0. The lowest BCUT2D eigenvalue weighted by Crippen LogP contribution is -2.18. The van der Waals surface area contributed by atoms with Gasteiger partial charge in [-0.15, -0.1) is 0 Å². The van der Waals surface area contributed by atoms with Crippen LogP contribution in [0.15, 0.2) is 48.5 Å². The van der Waals surface area contributed by atoms with Crippen molar-refractivity contribution in [2.45, 2.75) is 26.4 Å². The maximum Gasteiger partial charge on any atom is 0.119 e. The summed E-state index contributed by atoms with van der Waals surface area (Å²) in [6.45, 7) is 5.50. The summed E-state index contributed by atoms with van der Waals surface area (Å²) in [5.74, 6) is 1.20. The third kappa shape index (κ3) is 4.00. The van der Waals surface area contributed by atoms with Gasteiger partial charge in [0.15, 0.2) is 0 Å². The standard InChI is InChI=1S/C17H21NO2/c1-3-20-17-9-4-6-14(10-17)12-18-13(2)15-7-5-8-16(19)11-15/h4-11,13,18-19H,3,12H2,1-2H3.